The summed E-state index contributed by atoms with van der Waals surface area (Å²) in [4.78, 5) is 37.7. The molecular formula is C49H67F3N2O10S. The number of ether oxygens (including phenoxy) is 8. The van der Waals surface area contributed by atoms with Crippen molar-refractivity contribution in [3.05, 3.63) is 52.0 Å². The van der Waals surface area contributed by atoms with Crippen LogP contribution in [-0.2, 0) is 53.7 Å². The molecule has 360 valence electrons. The molecule has 0 N–H and O–H groups in total. The zero-order chi connectivity index (χ0) is 46.5. The number of carbonyl (C=O) groups is 2. The summed E-state index contributed by atoms with van der Waals surface area (Å²) in [5, 5.41) is 0.589. The Bertz CT molecular complexity index is 2010. The molecule has 4 fully saturated rings. The quantitative estimate of drug-likeness (QED) is 0.212. The number of hydrogen-bond acceptors (Lipinski definition) is 13. The third kappa shape index (κ3) is 9.77. The van der Waals surface area contributed by atoms with Gasteiger partial charge in [0.25, 0.3) is 0 Å². The molecule has 2 aromatic rings. The number of likely N-dealkylation sites (N-methyl/N-ethyl adjacent to an activating group) is 1. The van der Waals surface area contributed by atoms with Gasteiger partial charge in [0, 0.05) is 61.5 Å². The highest BCUT2D eigenvalue weighted by molar-refractivity contribution is 7.15. The monoisotopic (exact) mass is 932 g/mol. The molecule has 65 heavy (non-hydrogen) atoms. The zero-order valence-electron chi connectivity index (χ0n) is 39.1. The van der Waals surface area contributed by atoms with Crippen LogP contribution in [0.4, 0.5) is 13.2 Å². The van der Waals surface area contributed by atoms with Crippen molar-refractivity contribution in [2.24, 2.45) is 23.7 Å². The number of methoxy groups -OCH3 is 3. The number of alkyl halides is 3. The number of cyclic esters (lactones) is 1. The van der Waals surface area contributed by atoms with Crippen LogP contribution in [0.5, 0.6) is 0 Å². The van der Waals surface area contributed by atoms with E-state index in [0.29, 0.717) is 54.7 Å². The van der Waals surface area contributed by atoms with Gasteiger partial charge in [-0.15, -0.1) is 11.3 Å². The molecule has 4 heterocycles. The summed E-state index contributed by atoms with van der Waals surface area (Å²) in [6, 6.07) is 5.37. The third-order valence-corrected chi connectivity index (χ3v) is 16.6. The van der Waals surface area contributed by atoms with Gasteiger partial charge in [-0.3, -0.25) is 9.59 Å². The van der Waals surface area contributed by atoms with Crippen molar-refractivity contribution in [3.8, 4) is 10.6 Å². The summed E-state index contributed by atoms with van der Waals surface area (Å²) in [6.45, 7) is 7.95. The minimum atomic E-state index is -4.48. The number of fused-ring (bicyclic) bond motifs is 8. The second kappa shape index (κ2) is 20.0. The molecule has 17 atom stereocenters. The topological polar surface area (TPSA) is 124 Å². The Labute approximate surface area is 385 Å². The lowest BCUT2D eigenvalue weighted by Crippen LogP contribution is -2.59. The van der Waals surface area contributed by atoms with Gasteiger partial charge in [0.05, 0.1) is 42.1 Å². The van der Waals surface area contributed by atoms with Crippen LogP contribution in [0.3, 0.4) is 0 Å². The van der Waals surface area contributed by atoms with Gasteiger partial charge >= 0.3 is 12.1 Å². The Hall–Kier alpha value is -2.80. The molecule has 16 heteroatoms. The largest absolute Gasteiger partial charge is 0.462 e. The Kier molecular flexibility index (Phi) is 15.0. The molecule has 1 aromatic heterocycles. The number of allylic oxidation sites excluding steroid dienone is 2. The highest BCUT2D eigenvalue weighted by Gasteiger charge is 2.57. The number of rotatable bonds is 10. The van der Waals surface area contributed by atoms with Crippen LogP contribution in [0.1, 0.15) is 113 Å². The van der Waals surface area contributed by atoms with Gasteiger partial charge in [0.1, 0.15) is 29.4 Å². The SMILES string of the molecule is CC[C@H]1CCC[C@H](O[C@H]2CC[C@H](N(C)C)C(C)O2)[C@@H](C)C(=O)C2=C[C@H]3[C@@H]4C[C@H](O[C@@H]5OC(C)[C@H](OC)C(OC)C5OC)C[C@H]4c4sc(-c5ccc(C(F)(F)F)cc5)nc4[C@H]3[C@@H]2CC(=O)O1. The van der Waals surface area contributed by atoms with Crippen molar-refractivity contribution in [1.29, 1.82) is 0 Å². The molecule has 3 saturated heterocycles. The maximum absolute atomic E-state index is 15.2. The van der Waals surface area contributed by atoms with E-state index in [2.05, 4.69) is 32.0 Å². The molecule has 3 aliphatic heterocycles. The highest BCUT2D eigenvalue weighted by atomic mass is 32.1. The number of benzene rings is 1. The highest BCUT2D eigenvalue weighted by Crippen LogP contribution is 2.63. The third-order valence-electron chi connectivity index (χ3n) is 15.4. The fourth-order valence-corrected chi connectivity index (χ4v) is 13.3. The number of halogens is 3. The molecule has 0 amide bonds. The minimum absolute atomic E-state index is 0.00243. The van der Waals surface area contributed by atoms with E-state index in [4.69, 9.17) is 42.9 Å². The van der Waals surface area contributed by atoms with E-state index in [1.165, 1.54) is 23.5 Å². The summed E-state index contributed by atoms with van der Waals surface area (Å²) < 4.78 is 91.2. The average Bonchev–Trinajstić information content (AvgIpc) is 4.00. The van der Waals surface area contributed by atoms with Crippen LogP contribution in [0, 0.1) is 23.7 Å². The molecule has 8 rings (SSSR count). The van der Waals surface area contributed by atoms with E-state index in [-0.39, 0.29) is 78.4 Å². The van der Waals surface area contributed by atoms with Crippen molar-refractivity contribution >= 4 is 23.1 Å². The minimum Gasteiger partial charge on any atom is -0.462 e. The van der Waals surface area contributed by atoms with E-state index in [0.717, 1.165) is 35.5 Å². The lowest BCUT2D eigenvalue weighted by Gasteiger charge is -2.44. The van der Waals surface area contributed by atoms with Gasteiger partial charge in [-0.05, 0) is 109 Å². The van der Waals surface area contributed by atoms with Crippen LogP contribution in [0.25, 0.3) is 10.6 Å². The number of Topliss-reactive ketones (excluding diaryl/α,β-unsaturated/α-hetero) is 1. The normalized spacial score (nSPS) is 39.1. The lowest BCUT2D eigenvalue weighted by atomic mass is 9.67. The first-order valence-electron chi connectivity index (χ1n) is 23.5. The van der Waals surface area contributed by atoms with E-state index < -0.39 is 54.5 Å². The number of esters is 1. The fraction of sp³-hybridized carbons (Fsp3) is 0.735. The van der Waals surface area contributed by atoms with E-state index in [1.807, 2.05) is 20.8 Å². The van der Waals surface area contributed by atoms with Crippen molar-refractivity contribution in [3.63, 3.8) is 0 Å². The Balaban J connectivity index is 1.15. The van der Waals surface area contributed by atoms with E-state index >= 15 is 4.79 Å². The maximum atomic E-state index is 15.2. The molecule has 0 spiro atoms. The second-order valence-corrected chi connectivity index (χ2v) is 20.4. The Morgan fingerprint density at radius 2 is 1.58 bits per heavy atom. The summed E-state index contributed by atoms with van der Waals surface area (Å²) >= 11 is 1.48. The van der Waals surface area contributed by atoms with Crippen molar-refractivity contribution < 1.29 is 60.7 Å². The summed E-state index contributed by atoms with van der Waals surface area (Å²) in [7, 11) is 8.94. The van der Waals surface area contributed by atoms with Crippen molar-refractivity contribution in [2.45, 2.75) is 171 Å². The number of nitrogens with zero attached hydrogens (tertiary/aromatic N) is 2. The van der Waals surface area contributed by atoms with Crippen molar-refractivity contribution in [2.75, 3.05) is 35.4 Å². The first-order chi connectivity index (χ1) is 31.0. The van der Waals surface area contributed by atoms with Crippen LogP contribution in [0.15, 0.2) is 35.9 Å². The zero-order valence-corrected chi connectivity index (χ0v) is 39.9. The molecule has 6 aliphatic rings. The fourth-order valence-electron chi connectivity index (χ4n) is 12.0. The average molecular weight is 933 g/mol. The number of thiazole rings is 1. The molecule has 3 aliphatic carbocycles. The van der Waals surface area contributed by atoms with E-state index in [1.54, 1.807) is 21.3 Å². The van der Waals surface area contributed by atoms with Crippen molar-refractivity contribution in [1.82, 2.24) is 9.88 Å². The van der Waals surface area contributed by atoms with Crippen LogP contribution in [-0.4, -0.2) is 125 Å². The summed E-state index contributed by atoms with van der Waals surface area (Å²) in [5.41, 5.74) is 1.21. The van der Waals surface area contributed by atoms with Gasteiger partial charge in [-0.25, -0.2) is 4.98 Å². The van der Waals surface area contributed by atoms with Crippen LogP contribution < -0.4 is 0 Å². The predicted molar refractivity (Wildman–Crippen MR) is 236 cm³/mol. The van der Waals surface area contributed by atoms with Gasteiger partial charge in [-0.2, -0.15) is 13.2 Å². The Morgan fingerprint density at radius 3 is 2.23 bits per heavy atom. The lowest BCUT2D eigenvalue weighted by molar-refractivity contribution is -0.314. The van der Waals surface area contributed by atoms with Gasteiger partial charge in [-0.1, -0.05) is 32.1 Å². The molecular weight excluding hydrogens is 866 g/mol. The summed E-state index contributed by atoms with van der Waals surface area (Å²) in [5.74, 6) is -2.06. The smallest absolute Gasteiger partial charge is 0.416 e. The second-order valence-electron chi connectivity index (χ2n) is 19.3. The van der Waals surface area contributed by atoms with Gasteiger partial charge in [0.2, 0.25) is 0 Å². The number of carbonyl (C=O) groups excluding carboxylic acids is 2. The number of aromatic nitrogens is 1. The molecule has 4 unspecified atom stereocenters. The number of ketones is 1. The first kappa shape index (κ1) is 48.6. The molecule has 1 saturated carbocycles. The molecule has 12 nitrogen and oxygen atoms in total. The molecule has 0 bridgehead atoms. The summed E-state index contributed by atoms with van der Waals surface area (Å²) in [6.07, 6.45) is -0.839. The Morgan fingerprint density at radius 1 is 0.862 bits per heavy atom. The van der Waals surface area contributed by atoms with E-state index in [9.17, 15) is 18.0 Å². The van der Waals surface area contributed by atoms with Crippen LogP contribution in [0.2, 0.25) is 0 Å². The molecule has 0 radical (unpaired) electrons. The maximum Gasteiger partial charge on any atom is 0.416 e. The van der Waals surface area contributed by atoms with Gasteiger partial charge < -0.3 is 42.8 Å². The first-order valence-corrected chi connectivity index (χ1v) is 24.4. The van der Waals surface area contributed by atoms with Crippen LogP contribution >= 0.6 is 11.3 Å². The molecule has 1 aromatic carbocycles. The predicted octanol–water partition coefficient (Wildman–Crippen LogP) is 8.71. The number of hydrogen-bond donors (Lipinski definition) is 0. The standard InChI is InChI=1S/C49H67F3N2O10S/c1-10-29-12-11-13-37(64-39-19-18-36(54(5)6)25(3)60-39)24(2)42(56)34-22-32-31-20-30(63-48-45(59-9)44(58-8)43(57-7)26(4)61-48)21-35(31)46-41(40(32)33(34)23-38(55)62-29)53-47(65-46)27-14-16-28(17-15-27)49(50,51)52/h14-17,22,24-26,29-33,35-37,39-40,43-45,48H,10-13,18-21,23H2,1-9H3/t24-,25?,26?,29+,30+,31+,32+,33-,35-,36+,37+,39+,40-,43+,44?,45?,48+/m1/s1. The van der Waals surface area contributed by atoms with Gasteiger partial charge in [0.15, 0.2) is 18.4 Å².